The van der Waals surface area contributed by atoms with Crippen molar-refractivity contribution in [3.05, 3.63) is 47.9 Å². The fourth-order valence-corrected chi connectivity index (χ4v) is 3.34. The number of nitrogens with one attached hydrogen (secondary N) is 1. The molecule has 1 aromatic carbocycles. The number of benzene rings is 1. The van der Waals surface area contributed by atoms with E-state index in [1.807, 2.05) is 0 Å². The van der Waals surface area contributed by atoms with Crippen LogP contribution in [-0.2, 0) is 13.0 Å². The Morgan fingerprint density at radius 2 is 2.17 bits per heavy atom. The third kappa shape index (κ3) is 2.55. The van der Waals surface area contributed by atoms with Crippen LogP contribution in [0.15, 0.2) is 36.8 Å². The number of hydrogen-bond acceptors (Lipinski definition) is 5. The van der Waals surface area contributed by atoms with Crippen LogP contribution < -0.4 is 5.32 Å². The smallest absolute Gasteiger partial charge is 0.163 e. The average Bonchev–Trinajstić information content (AvgIpc) is 3.00. The number of aromatic nitrogens is 4. The fraction of sp³-hybridized carbons (Fsp3) is 0.353. The summed E-state index contributed by atoms with van der Waals surface area (Å²) in [5.74, 6) is 0.806. The highest BCUT2D eigenvalue weighted by molar-refractivity contribution is 5.86. The normalized spacial score (nSPS) is 17.2. The van der Waals surface area contributed by atoms with Crippen molar-refractivity contribution in [1.82, 2.24) is 19.7 Å². The Bertz CT molecular complexity index is 829. The highest BCUT2D eigenvalue weighted by atomic mass is 16.3. The summed E-state index contributed by atoms with van der Waals surface area (Å²) in [6, 6.07) is 8.85. The number of aliphatic hydroxyl groups excluding tert-OH is 1. The number of rotatable bonds is 4. The van der Waals surface area contributed by atoms with Crippen LogP contribution >= 0.6 is 0 Å². The molecule has 0 fully saturated rings. The Balaban J connectivity index is 1.69. The van der Waals surface area contributed by atoms with Crippen LogP contribution in [0.25, 0.3) is 11.0 Å². The molecule has 0 radical (unpaired) electrons. The third-order valence-corrected chi connectivity index (χ3v) is 4.43. The number of anilines is 1. The van der Waals surface area contributed by atoms with Gasteiger partial charge in [-0.2, -0.15) is 5.10 Å². The molecule has 23 heavy (non-hydrogen) atoms. The van der Waals surface area contributed by atoms with E-state index in [9.17, 15) is 0 Å². The van der Waals surface area contributed by atoms with Gasteiger partial charge in [0.25, 0.3) is 0 Å². The molecule has 0 amide bonds. The van der Waals surface area contributed by atoms with Crippen molar-refractivity contribution in [2.75, 3.05) is 11.9 Å². The van der Waals surface area contributed by atoms with E-state index in [-0.39, 0.29) is 12.6 Å². The van der Waals surface area contributed by atoms with Crippen LogP contribution in [0.5, 0.6) is 0 Å². The van der Waals surface area contributed by atoms with Gasteiger partial charge in [0.15, 0.2) is 5.65 Å². The van der Waals surface area contributed by atoms with E-state index in [4.69, 9.17) is 5.11 Å². The van der Waals surface area contributed by atoms with Gasteiger partial charge >= 0.3 is 0 Å². The molecular weight excluding hydrogens is 290 g/mol. The fourth-order valence-electron chi connectivity index (χ4n) is 3.34. The summed E-state index contributed by atoms with van der Waals surface area (Å²) in [4.78, 5) is 8.71. The summed E-state index contributed by atoms with van der Waals surface area (Å²) in [6.45, 7) is 0.478. The maximum absolute atomic E-state index is 9.12. The summed E-state index contributed by atoms with van der Waals surface area (Å²) in [6.07, 6.45) is 6.72. The van der Waals surface area contributed by atoms with Crippen molar-refractivity contribution in [2.24, 2.45) is 0 Å². The zero-order valence-corrected chi connectivity index (χ0v) is 12.8. The highest BCUT2D eigenvalue weighted by Gasteiger charge is 2.21. The molecule has 4 rings (SSSR count). The molecule has 3 aromatic rings. The monoisotopic (exact) mass is 309 g/mol. The maximum atomic E-state index is 9.12. The first-order valence-corrected chi connectivity index (χ1v) is 7.98. The molecule has 0 saturated heterocycles. The quantitative estimate of drug-likeness (QED) is 0.773. The molecule has 0 spiro atoms. The molecule has 2 heterocycles. The molecule has 1 atom stereocenters. The lowest BCUT2D eigenvalue weighted by Crippen LogP contribution is -2.18. The lowest BCUT2D eigenvalue weighted by molar-refractivity contribution is 0.271. The van der Waals surface area contributed by atoms with Gasteiger partial charge in [0.05, 0.1) is 30.8 Å². The van der Waals surface area contributed by atoms with E-state index in [1.165, 1.54) is 17.5 Å². The second-order valence-corrected chi connectivity index (χ2v) is 5.84. The Kier molecular flexibility index (Phi) is 3.67. The maximum Gasteiger partial charge on any atom is 0.163 e. The lowest BCUT2D eigenvalue weighted by atomic mass is 9.88. The van der Waals surface area contributed by atoms with E-state index in [0.29, 0.717) is 6.54 Å². The minimum atomic E-state index is 0.0412. The average molecular weight is 309 g/mol. The molecule has 2 N–H and O–H groups in total. The van der Waals surface area contributed by atoms with Crippen molar-refractivity contribution in [3.8, 4) is 0 Å². The van der Waals surface area contributed by atoms with Gasteiger partial charge in [0, 0.05) is 0 Å². The number of nitrogens with zero attached hydrogens (tertiary/aromatic N) is 4. The van der Waals surface area contributed by atoms with E-state index in [1.54, 1.807) is 17.2 Å². The van der Waals surface area contributed by atoms with Crippen LogP contribution in [0, 0.1) is 0 Å². The first kappa shape index (κ1) is 14.1. The molecule has 0 aliphatic heterocycles. The first-order valence-electron chi connectivity index (χ1n) is 7.98. The standard InChI is InChI=1S/C17H19N5O/c23-9-8-22-17-14(10-20-22)16(18-11-19-17)21-15-7-3-5-12-4-1-2-6-13(12)15/h1-2,4,6,10-11,15,23H,3,5,7-9H2,(H,18,19,21). The molecule has 6 nitrogen and oxygen atoms in total. The lowest BCUT2D eigenvalue weighted by Gasteiger charge is -2.26. The zero-order valence-electron chi connectivity index (χ0n) is 12.8. The molecule has 2 aromatic heterocycles. The largest absolute Gasteiger partial charge is 0.394 e. The third-order valence-electron chi connectivity index (χ3n) is 4.43. The predicted molar refractivity (Wildman–Crippen MR) is 88.2 cm³/mol. The van der Waals surface area contributed by atoms with Crippen LogP contribution in [0.3, 0.4) is 0 Å². The summed E-state index contributed by atoms with van der Waals surface area (Å²) in [5.41, 5.74) is 3.52. The number of aliphatic hydroxyl groups is 1. The van der Waals surface area contributed by atoms with Gasteiger partial charge in [-0.25, -0.2) is 14.6 Å². The zero-order chi connectivity index (χ0) is 15.6. The van der Waals surface area contributed by atoms with Gasteiger partial charge in [0.1, 0.15) is 12.1 Å². The molecule has 1 aliphatic carbocycles. The van der Waals surface area contributed by atoms with Crippen LogP contribution in [0.4, 0.5) is 5.82 Å². The van der Waals surface area contributed by atoms with E-state index < -0.39 is 0 Å². The van der Waals surface area contributed by atoms with Gasteiger partial charge in [-0.15, -0.1) is 0 Å². The van der Waals surface area contributed by atoms with Crippen molar-refractivity contribution < 1.29 is 5.11 Å². The molecule has 6 heteroatoms. The van der Waals surface area contributed by atoms with E-state index in [0.717, 1.165) is 29.7 Å². The molecule has 1 aliphatic rings. The second kappa shape index (κ2) is 5.96. The summed E-state index contributed by atoms with van der Waals surface area (Å²) in [7, 11) is 0. The minimum Gasteiger partial charge on any atom is -0.394 e. The van der Waals surface area contributed by atoms with Crippen molar-refractivity contribution in [2.45, 2.75) is 31.8 Å². The van der Waals surface area contributed by atoms with E-state index >= 15 is 0 Å². The molecule has 0 bridgehead atoms. The number of aryl methyl sites for hydroxylation is 1. The number of fused-ring (bicyclic) bond motifs is 2. The summed E-state index contributed by atoms with van der Waals surface area (Å²) in [5, 5.41) is 17.9. The summed E-state index contributed by atoms with van der Waals surface area (Å²) < 4.78 is 1.71. The minimum absolute atomic E-state index is 0.0412. The number of hydrogen-bond donors (Lipinski definition) is 2. The molecule has 1 unspecified atom stereocenters. The molecular formula is C17H19N5O. The van der Waals surface area contributed by atoms with Gasteiger partial charge in [-0.3, -0.25) is 0 Å². The SMILES string of the molecule is OCCn1ncc2c(NC3CCCc4ccccc43)ncnc21. The van der Waals surface area contributed by atoms with Crippen molar-refractivity contribution in [1.29, 1.82) is 0 Å². The second-order valence-electron chi connectivity index (χ2n) is 5.84. The predicted octanol–water partition coefficient (Wildman–Crippen LogP) is 2.31. The van der Waals surface area contributed by atoms with Crippen LogP contribution in [0.2, 0.25) is 0 Å². The van der Waals surface area contributed by atoms with Crippen molar-refractivity contribution in [3.63, 3.8) is 0 Å². The topological polar surface area (TPSA) is 75.9 Å². The Labute approximate surface area is 134 Å². The Hall–Kier alpha value is -2.47. The van der Waals surface area contributed by atoms with Crippen LogP contribution in [0.1, 0.15) is 30.0 Å². The Morgan fingerprint density at radius 3 is 3.09 bits per heavy atom. The first-order chi connectivity index (χ1) is 11.4. The van der Waals surface area contributed by atoms with Gasteiger partial charge in [0.2, 0.25) is 0 Å². The van der Waals surface area contributed by atoms with Gasteiger partial charge in [-0.1, -0.05) is 24.3 Å². The van der Waals surface area contributed by atoms with Crippen molar-refractivity contribution >= 4 is 16.9 Å². The summed E-state index contributed by atoms with van der Waals surface area (Å²) >= 11 is 0. The van der Waals surface area contributed by atoms with Gasteiger partial charge in [-0.05, 0) is 30.4 Å². The highest BCUT2D eigenvalue weighted by Crippen LogP contribution is 2.33. The molecule has 0 saturated carbocycles. The van der Waals surface area contributed by atoms with E-state index in [2.05, 4.69) is 44.6 Å². The Morgan fingerprint density at radius 1 is 1.26 bits per heavy atom. The van der Waals surface area contributed by atoms with Gasteiger partial charge < -0.3 is 10.4 Å². The molecule has 118 valence electrons. The van der Waals surface area contributed by atoms with Crippen LogP contribution in [-0.4, -0.2) is 31.5 Å².